The molecule has 0 unspecified atom stereocenters. The van der Waals surface area contributed by atoms with E-state index in [0.717, 1.165) is 24.0 Å². The van der Waals surface area contributed by atoms with Gasteiger partial charge in [-0.3, -0.25) is 0 Å². The molecule has 0 spiro atoms. The Balaban J connectivity index is -0.000000340. The zero-order chi connectivity index (χ0) is 51.1. The molecule has 0 saturated carbocycles. The van der Waals surface area contributed by atoms with Gasteiger partial charge in [-0.15, -0.1) is 10.2 Å². The Morgan fingerprint density at radius 3 is 0.939 bits per heavy atom. The monoisotopic (exact) mass is 1480 g/mol. The zero-order valence-electron chi connectivity index (χ0n) is 36.6. The minimum atomic E-state index is -4.94. The molecular formula is C41H50AlCl15O6SbSnTi-2. The van der Waals surface area contributed by atoms with Crippen molar-refractivity contribution in [3.63, 3.8) is 0 Å². The third-order valence-corrected chi connectivity index (χ3v) is 13.3. The molecule has 373 valence electrons. The fourth-order valence-corrected chi connectivity index (χ4v) is 9.77. The summed E-state index contributed by atoms with van der Waals surface area (Å²) in [6.45, 7) is 15.2. The average Bonchev–Trinajstić information content (AvgIpc) is 3.16. The molecule has 5 aromatic rings. The summed E-state index contributed by atoms with van der Waals surface area (Å²) < 4.78 is 39.8. The van der Waals surface area contributed by atoms with Crippen molar-refractivity contribution in [1.82, 2.24) is 0 Å². The second-order valence-corrected chi connectivity index (χ2v) is 84.8. The predicted octanol–water partition coefficient (Wildman–Crippen LogP) is 10.9. The van der Waals surface area contributed by atoms with Crippen LogP contribution in [0.3, 0.4) is 0 Å². The summed E-state index contributed by atoms with van der Waals surface area (Å²) >= 11 is -11.3. The second-order valence-electron chi connectivity index (χ2n) is 13.1. The maximum atomic E-state index is 8.76. The van der Waals surface area contributed by atoms with Crippen LogP contribution in [0.4, 0.5) is 0 Å². The summed E-state index contributed by atoms with van der Waals surface area (Å²) in [4.78, 5) is 0. The topological polar surface area (TPSA) is 122 Å². The van der Waals surface area contributed by atoms with E-state index < -0.39 is 64.3 Å². The molecule has 0 aromatic heterocycles. The van der Waals surface area contributed by atoms with Gasteiger partial charge in [0.05, 0.1) is 0 Å². The van der Waals surface area contributed by atoms with E-state index in [-0.39, 0.29) is 12.4 Å². The number of halogens is 15. The molecule has 25 heteroatoms. The fourth-order valence-electron chi connectivity index (χ4n) is 3.97. The van der Waals surface area contributed by atoms with Gasteiger partial charge in [-0.2, -0.15) is 20.1 Å². The van der Waals surface area contributed by atoms with Crippen LogP contribution in [0.25, 0.3) is 0 Å². The molecule has 66 heavy (non-hydrogen) atoms. The van der Waals surface area contributed by atoms with Crippen LogP contribution < -0.4 is 31.0 Å². The van der Waals surface area contributed by atoms with Crippen LogP contribution in [0.15, 0.2) is 121 Å². The Morgan fingerprint density at radius 2 is 0.742 bits per heavy atom. The van der Waals surface area contributed by atoms with E-state index in [9.17, 15) is 0 Å². The van der Waals surface area contributed by atoms with Crippen LogP contribution in [0, 0.1) is 44.9 Å². The Labute approximate surface area is 465 Å². The molecule has 0 aliphatic rings. The third kappa shape index (κ3) is 64.9. The number of rotatable bonds is 7. The zero-order valence-corrected chi connectivity index (χ0v) is 56.0. The van der Waals surface area contributed by atoms with Crippen LogP contribution >= 0.6 is 119 Å². The minimum absolute atomic E-state index is 0. The van der Waals surface area contributed by atoms with E-state index in [4.69, 9.17) is 146 Å². The molecule has 1 N–H and O–H groups in total. The van der Waals surface area contributed by atoms with Crippen molar-refractivity contribution >= 4 is 158 Å². The molecule has 0 aliphatic carbocycles. The second kappa shape index (κ2) is 41.2. The molecule has 0 atom stereocenters. The van der Waals surface area contributed by atoms with Gasteiger partial charge in [0, 0.05) is 6.61 Å². The van der Waals surface area contributed by atoms with Crippen molar-refractivity contribution in [2.75, 3.05) is 0 Å². The predicted molar refractivity (Wildman–Crippen MR) is 278 cm³/mol. The Hall–Kier alpha value is 2.91. The standard InChI is InChI=1S/2C9H12.C8H9O.C8H9.C7H8O.Al.ClHO4.14ClH.Sb.Sn.Ti/c2*1-3-9-6-4-8(2)5-7-9;1-7-2-4-8(6-9)5-3-7;1-7-3-5-8(2)6-4-7;1-6-2-4-7(8)5-3-6;;2-1(3,4)5;;;;;;;;;;;;;;;;;/h2*4-7H,3H2,1-2H3;2-5H,6H2,1H3;3-6H,1H2,2H3;2-5,8H,1H3;;(H,2,3,4,5);14*1H;;;/q;;-1;;;+3;;;;;;;;;;;;;;;;+5;2*+3/p-15. The molecule has 5 rings (SSSR count). The third-order valence-electron chi connectivity index (χ3n) is 7.11. The molecule has 5 aromatic carbocycles. The van der Waals surface area contributed by atoms with Gasteiger partial charge in [0.15, 0.2) is 0 Å². The van der Waals surface area contributed by atoms with Gasteiger partial charge in [0.2, 0.25) is 0 Å². The van der Waals surface area contributed by atoms with Crippen LogP contribution in [0.1, 0.15) is 63.9 Å². The molecule has 0 amide bonds. The Bertz CT molecular complexity index is 1830. The smallest absolute Gasteiger partial charge is 0.112 e. The van der Waals surface area contributed by atoms with Crippen LogP contribution in [-0.4, -0.2) is 44.4 Å². The number of benzene rings is 5. The normalized spacial score (nSPS) is 10.7. The van der Waals surface area contributed by atoms with E-state index in [1.54, 1.807) is 12.1 Å². The van der Waals surface area contributed by atoms with Gasteiger partial charge in [0.1, 0.15) is 5.75 Å². The Morgan fingerprint density at radius 1 is 0.530 bits per heavy atom. The fraction of sp³-hybridized carbons (Fsp3) is 0.268. The van der Waals surface area contributed by atoms with Gasteiger partial charge in [0.25, 0.3) is 0 Å². The van der Waals surface area contributed by atoms with Gasteiger partial charge in [-0.05, 0) is 69.4 Å². The van der Waals surface area contributed by atoms with Crippen molar-refractivity contribution in [2.24, 2.45) is 0 Å². The van der Waals surface area contributed by atoms with Crippen molar-refractivity contribution in [1.29, 1.82) is 0 Å². The van der Waals surface area contributed by atoms with Crippen molar-refractivity contribution in [3.8, 4) is 5.75 Å². The number of phenols is 1. The summed E-state index contributed by atoms with van der Waals surface area (Å²) in [7, 11) is 63.8. The number of aryl methyl sites for hydroxylation is 7. The van der Waals surface area contributed by atoms with Gasteiger partial charge in [-0.1, -0.05) is 121 Å². The number of phenolic OH excluding ortho intramolecular Hbond substituents is 1. The first kappa shape index (κ1) is 75.4. The van der Waals surface area contributed by atoms with Crippen molar-refractivity contribution in [2.45, 2.75) is 72.4 Å². The molecule has 0 aliphatic heterocycles. The molecule has 0 fully saturated rings. The first-order chi connectivity index (χ1) is 29.6. The summed E-state index contributed by atoms with van der Waals surface area (Å²) in [6, 6.07) is 40.6. The number of hydrogen-bond donors (Lipinski definition) is 1. The van der Waals surface area contributed by atoms with Gasteiger partial charge >= 0.3 is 200 Å². The van der Waals surface area contributed by atoms with Crippen molar-refractivity contribution in [3.05, 3.63) is 171 Å². The molecule has 0 bridgehead atoms. The maximum Gasteiger partial charge on any atom is -0.112 e. The van der Waals surface area contributed by atoms with Gasteiger partial charge in [-0.25, -0.2) is 18.6 Å². The van der Waals surface area contributed by atoms with Crippen molar-refractivity contribution < 1.29 is 64.9 Å². The first-order valence-electron chi connectivity index (χ1n) is 18.6. The maximum absolute atomic E-state index is 8.76. The van der Waals surface area contributed by atoms with E-state index >= 15 is 0 Å². The van der Waals surface area contributed by atoms with Gasteiger partial charge < -0.3 is 21.3 Å². The molecule has 0 heterocycles. The van der Waals surface area contributed by atoms with E-state index in [1.807, 2.05) is 81.4 Å². The number of hydrogen-bond acceptors (Lipinski definition) is 6. The molecule has 0 saturated heterocycles. The summed E-state index contributed by atoms with van der Waals surface area (Å²) in [6.07, 6.45) is 2.28. The molecule has 6 nitrogen and oxygen atoms in total. The van der Waals surface area contributed by atoms with Crippen LogP contribution in [-0.2, 0) is 42.4 Å². The SMILES string of the molecule is CCc1ccc(C)cc1.CCc1ccc(C)cc1.Cc1ccc(C[O][Al]([Cl])[Cl])cc1.Cc1ccc(O)cc1.Cc1ccc([CH2][Sn]([Cl])([Cl])[Cl])cc1.[Cl-].[Cl][Sb]([Cl])([Cl])([Cl])[Cl].[Cl][Ti]([Cl])[Cl].[O-][Cl+3]([O-])([O-])[O-]. The largest absolute Gasteiger partial charge is 0.222 e. The van der Waals surface area contributed by atoms with Crippen LogP contribution in [0.2, 0.25) is 0 Å². The summed E-state index contributed by atoms with van der Waals surface area (Å²) in [5.41, 5.74) is 11.4. The molecule has 0 radical (unpaired) electrons. The minimum Gasteiger partial charge on any atom is -0.222 e. The summed E-state index contributed by atoms with van der Waals surface area (Å²) in [5, 5.41) is 8.76. The van der Waals surface area contributed by atoms with E-state index in [2.05, 4.69) is 76.2 Å². The Kier molecular flexibility index (Phi) is 47.1. The summed E-state index contributed by atoms with van der Waals surface area (Å²) in [5.74, 6) is 0.329. The average molecular weight is 1490 g/mol. The number of aromatic hydroxyl groups is 1. The van der Waals surface area contributed by atoms with Crippen LogP contribution in [0.5, 0.6) is 5.75 Å². The quantitative estimate of drug-likeness (QED) is 0.162. The van der Waals surface area contributed by atoms with E-state index in [1.165, 1.54) is 38.9 Å². The molecular weight excluding hydrogens is 1440 g/mol. The first-order valence-corrected chi connectivity index (χ1v) is 59.2. The van der Waals surface area contributed by atoms with E-state index in [0.29, 0.717) is 16.8 Å².